The predicted molar refractivity (Wildman–Crippen MR) is 443 cm³/mol. The second-order valence-electron chi connectivity index (χ2n) is 29.0. The molecule has 6 heteroatoms. The van der Waals surface area contributed by atoms with E-state index in [4.69, 9.17) is 0 Å². The lowest BCUT2D eigenvalue weighted by molar-refractivity contribution is 0.855. The molecule has 102 heavy (non-hydrogen) atoms. The van der Waals surface area contributed by atoms with Crippen molar-refractivity contribution in [1.82, 2.24) is 0 Å². The molecule has 0 bridgehead atoms. The van der Waals surface area contributed by atoms with Gasteiger partial charge in [0.2, 0.25) is 13.4 Å². The molecule has 0 radical (unpaired) electrons. The van der Waals surface area contributed by atoms with Gasteiger partial charge in [-0.2, -0.15) is 0 Å². The summed E-state index contributed by atoms with van der Waals surface area (Å²) in [5.74, 6) is 0.694. The highest BCUT2D eigenvalue weighted by Gasteiger charge is 2.46. The van der Waals surface area contributed by atoms with Gasteiger partial charge in [0.1, 0.15) is 0 Å². The Morgan fingerprint density at radius 3 is 1.40 bits per heavy atom. The zero-order chi connectivity index (χ0) is 67.6. The molecule has 0 saturated heterocycles. The first-order valence-corrected chi connectivity index (χ1v) is 37.6. The maximum atomic E-state index is 2.65. The van der Waals surface area contributed by atoms with Gasteiger partial charge in [-0.1, -0.05) is 275 Å². The van der Waals surface area contributed by atoms with Crippen LogP contribution < -0.4 is 42.6 Å². The molecule has 0 unspecified atom stereocenters. The third kappa shape index (κ3) is 9.12. The van der Waals surface area contributed by atoms with E-state index in [1.54, 1.807) is 0 Å². The minimum Gasteiger partial charge on any atom is -0.311 e. The zero-order valence-electron chi connectivity index (χ0n) is 57.0. The van der Waals surface area contributed by atoms with Crippen LogP contribution in [-0.2, 0) is 0 Å². The number of nitrogens with zero attached hydrogens (tertiary/aromatic N) is 2. The lowest BCUT2D eigenvalue weighted by Gasteiger charge is -2.39. The fourth-order valence-electron chi connectivity index (χ4n) is 17.8. The second-order valence-corrected chi connectivity index (χ2v) is 31.1. The van der Waals surface area contributed by atoms with Crippen molar-refractivity contribution >= 4 is 143 Å². The molecule has 0 aliphatic carbocycles. The van der Waals surface area contributed by atoms with E-state index in [-0.39, 0.29) is 13.4 Å². The number of benzene rings is 15. The van der Waals surface area contributed by atoms with Crippen LogP contribution in [-0.4, -0.2) is 13.4 Å². The van der Waals surface area contributed by atoms with E-state index in [2.05, 4.69) is 353 Å². The van der Waals surface area contributed by atoms with Crippen molar-refractivity contribution in [2.45, 2.75) is 39.5 Å². The molecule has 6 heterocycles. The van der Waals surface area contributed by atoms with Crippen molar-refractivity contribution in [3.8, 4) is 89.0 Å². The average molecular weight is 1330 g/mol. The largest absolute Gasteiger partial charge is 0.311 e. The highest BCUT2D eigenvalue weighted by Crippen LogP contribution is 2.50. The van der Waals surface area contributed by atoms with Crippen LogP contribution in [0.25, 0.3) is 129 Å². The van der Waals surface area contributed by atoms with E-state index in [0.29, 0.717) is 11.8 Å². The molecule has 21 rings (SSSR count). The molecule has 15 aromatic carbocycles. The summed E-state index contributed by atoms with van der Waals surface area (Å²) in [5, 5.41) is 5.22. The summed E-state index contributed by atoms with van der Waals surface area (Å²) in [7, 11) is 0. The van der Waals surface area contributed by atoms with E-state index < -0.39 is 0 Å². The quantitative estimate of drug-likeness (QED) is 0.126. The fourth-order valence-corrected chi connectivity index (χ4v) is 20.1. The van der Waals surface area contributed by atoms with E-state index in [1.807, 2.05) is 22.7 Å². The molecular weight excluding hydrogens is 1270 g/mol. The molecule has 2 nitrogen and oxygen atoms in total. The van der Waals surface area contributed by atoms with E-state index in [0.717, 1.165) is 5.69 Å². The molecule has 478 valence electrons. The van der Waals surface area contributed by atoms with Crippen molar-refractivity contribution in [2.24, 2.45) is 0 Å². The first-order valence-electron chi connectivity index (χ1n) is 36.0. The lowest BCUT2D eigenvalue weighted by Crippen LogP contribution is -2.55. The van der Waals surface area contributed by atoms with Gasteiger partial charge in [-0.25, -0.2) is 0 Å². The Kier molecular flexibility index (Phi) is 13.4. The summed E-state index contributed by atoms with van der Waals surface area (Å²) in [6, 6.07) is 120. The van der Waals surface area contributed by atoms with E-state index in [1.165, 1.54) is 202 Å². The summed E-state index contributed by atoms with van der Waals surface area (Å²) >= 11 is 3.79. The van der Waals surface area contributed by atoms with E-state index in [9.17, 15) is 0 Å². The van der Waals surface area contributed by atoms with Crippen LogP contribution in [0.2, 0.25) is 0 Å². The molecule has 0 spiro atoms. The molecular formula is C96H66B2N2S2. The molecule has 0 atom stereocenters. The minimum atomic E-state index is 0.00978. The number of hydrogen-bond acceptors (Lipinski definition) is 4. The van der Waals surface area contributed by atoms with Gasteiger partial charge in [0, 0.05) is 74.5 Å². The summed E-state index contributed by atoms with van der Waals surface area (Å²) < 4.78 is 5.23. The molecule has 0 N–H and O–H groups in total. The minimum absolute atomic E-state index is 0.00978. The highest BCUT2D eigenvalue weighted by atomic mass is 32.1. The van der Waals surface area contributed by atoms with Crippen molar-refractivity contribution in [3.63, 3.8) is 0 Å². The normalized spacial score (nSPS) is 13.0. The molecule has 2 aromatic heterocycles. The van der Waals surface area contributed by atoms with Crippen LogP contribution in [0.3, 0.4) is 0 Å². The van der Waals surface area contributed by atoms with Crippen LogP contribution in [0, 0.1) is 0 Å². The summed E-state index contributed by atoms with van der Waals surface area (Å²) in [5.41, 5.74) is 38.3. The Morgan fingerprint density at radius 1 is 0.245 bits per heavy atom. The Labute approximate surface area is 603 Å². The summed E-state index contributed by atoms with van der Waals surface area (Å²) in [4.78, 5) is 5.21. The standard InChI is InChI=1S/C96H66B2N2S2/c1-57(2)72-22-12-15-28-86(72)100-89-54-70(49-80-74-23-11-14-26-82(74)97(95(80)89)83-27-17-25-73(58(3)4)96(83)100)68-38-45-78-79-48-64(40-47-91(79)102-93(78)56-68)62-30-32-63(33-31-62)66-39-46-87-85(52-66)98-84-51-65(60-20-9-6-10-21-60)36-43-75(84)81-50-69(67-37-44-77-76-24-13-16-29-90(76)101-92(77)55-67)53-88(94(81)98)99(87)71-41-34-61(35-42-71)59-18-7-5-8-19-59/h5-58H,1-4H3. The SMILES string of the molecule is CC(C)c1ccccc1N1c2cc(-c3ccc4c(c3)sc3ccc(-c5ccc(-c6ccc7c(c6)B6c8cc(-c9ccccc9)ccc8-c8cc(-c9ccc%10c(c9)sc9ccccc9%10)cc(c86)N7c6ccc(-c7ccccc7)cc6)cc5)cc34)cc3c2B(c2ccccc2-3)c2cccc(C(C)C)c21. The van der Waals surface area contributed by atoms with Crippen LogP contribution in [0.4, 0.5) is 34.1 Å². The van der Waals surface area contributed by atoms with Gasteiger partial charge >= 0.3 is 0 Å². The average Bonchev–Trinajstić information content (AvgIpc) is 1.42. The van der Waals surface area contributed by atoms with Gasteiger partial charge in [0.05, 0.1) is 0 Å². The van der Waals surface area contributed by atoms with Gasteiger partial charge in [-0.05, 0) is 213 Å². The molecule has 0 fully saturated rings. The number of anilines is 6. The number of fused-ring (bicyclic) bond motifs is 16. The van der Waals surface area contributed by atoms with Crippen LogP contribution in [0.15, 0.2) is 315 Å². The van der Waals surface area contributed by atoms with Gasteiger partial charge in [0.25, 0.3) is 0 Å². The van der Waals surface area contributed by atoms with Crippen LogP contribution >= 0.6 is 22.7 Å². The van der Waals surface area contributed by atoms with E-state index >= 15 is 0 Å². The van der Waals surface area contributed by atoms with Crippen LogP contribution in [0.1, 0.15) is 50.7 Å². The lowest BCUT2D eigenvalue weighted by atomic mass is 9.37. The monoisotopic (exact) mass is 1330 g/mol. The van der Waals surface area contributed by atoms with Crippen molar-refractivity contribution < 1.29 is 0 Å². The van der Waals surface area contributed by atoms with Gasteiger partial charge in [-0.15, -0.1) is 22.7 Å². The number of para-hydroxylation sites is 2. The van der Waals surface area contributed by atoms with Crippen LogP contribution in [0.5, 0.6) is 0 Å². The summed E-state index contributed by atoms with van der Waals surface area (Å²) in [6.45, 7) is 9.54. The maximum Gasteiger partial charge on any atom is 0.248 e. The Balaban J connectivity index is 0.659. The second kappa shape index (κ2) is 23.0. The number of rotatable bonds is 10. The van der Waals surface area contributed by atoms with Gasteiger partial charge < -0.3 is 9.80 Å². The molecule has 0 amide bonds. The van der Waals surface area contributed by atoms with Crippen molar-refractivity contribution in [3.05, 3.63) is 327 Å². The fraction of sp³-hybridized carbons (Fsp3) is 0.0625. The molecule has 0 saturated carbocycles. The Hall–Kier alpha value is -11.5. The zero-order valence-corrected chi connectivity index (χ0v) is 58.7. The number of hydrogen-bond donors (Lipinski definition) is 0. The molecule has 4 aliphatic heterocycles. The highest BCUT2D eigenvalue weighted by molar-refractivity contribution is 7.26. The maximum absolute atomic E-state index is 2.65. The predicted octanol–water partition coefficient (Wildman–Crippen LogP) is 23.2. The summed E-state index contributed by atoms with van der Waals surface area (Å²) in [6.07, 6.45) is 0. The van der Waals surface area contributed by atoms with Gasteiger partial charge in [-0.3, -0.25) is 0 Å². The molecule has 17 aromatic rings. The first kappa shape index (κ1) is 59.3. The van der Waals surface area contributed by atoms with Crippen molar-refractivity contribution in [2.75, 3.05) is 9.80 Å². The van der Waals surface area contributed by atoms with Crippen molar-refractivity contribution in [1.29, 1.82) is 0 Å². The first-order chi connectivity index (χ1) is 50.2. The smallest absolute Gasteiger partial charge is 0.248 e. The Morgan fingerprint density at radius 2 is 0.706 bits per heavy atom. The molecule has 4 aliphatic rings. The topological polar surface area (TPSA) is 6.48 Å². The third-order valence-electron chi connectivity index (χ3n) is 22.6. The third-order valence-corrected chi connectivity index (χ3v) is 24.9. The Bertz CT molecular complexity index is 6340. The number of thiophene rings is 2. The van der Waals surface area contributed by atoms with Gasteiger partial charge in [0.15, 0.2) is 0 Å².